The van der Waals surface area contributed by atoms with Gasteiger partial charge in [-0.15, -0.1) is 0 Å². The van der Waals surface area contributed by atoms with Crippen molar-refractivity contribution in [2.24, 2.45) is 0 Å². The van der Waals surface area contributed by atoms with Gasteiger partial charge >= 0.3 is 0 Å². The van der Waals surface area contributed by atoms with Crippen molar-refractivity contribution in [2.45, 2.75) is 31.2 Å². The van der Waals surface area contributed by atoms with Crippen molar-refractivity contribution < 1.29 is 17.9 Å². The fourth-order valence-electron chi connectivity index (χ4n) is 2.21. The molecule has 2 heterocycles. The number of ether oxygens (including phenoxy) is 1. The Balaban J connectivity index is 1.96. The third-order valence-corrected chi connectivity index (χ3v) is 5.17. The predicted molar refractivity (Wildman–Crippen MR) is 90.2 cm³/mol. The molecule has 0 spiro atoms. The number of carbonyl (C=O) groups is 1. The highest BCUT2D eigenvalue weighted by molar-refractivity contribution is 7.89. The third-order valence-electron chi connectivity index (χ3n) is 3.29. The minimum absolute atomic E-state index is 0.0693. The number of aromatic nitrogens is 1. The van der Waals surface area contributed by atoms with E-state index in [0.717, 1.165) is 0 Å². The largest absolute Gasteiger partial charge is 0.379 e. The number of morpholine rings is 1. The van der Waals surface area contributed by atoms with Crippen molar-refractivity contribution >= 4 is 21.7 Å². The summed E-state index contributed by atoms with van der Waals surface area (Å²) in [5, 5.41) is 5.70. The van der Waals surface area contributed by atoms with Gasteiger partial charge in [0.15, 0.2) is 0 Å². The Morgan fingerprint density at radius 3 is 2.50 bits per heavy atom. The quantitative estimate of drug-likeness (QED) is 0.793. The Morgan fingerprint density at radius 1 is 1.29 bits per heavy atom. The SMILES string of the molecule is CC(C)(C)NC(=O)CNc1ccc(S(=O)(=O)N2CCOCC2)cn1. The smallest absolute Gasteiger partial charge is 0.244 e. The number of amides is 1. The van der Waals surface area contributed by atoms with Crippen LogP contribution in [0, 0.1) is 0 Å². The third kappa shape index (κ3) is 5.15. The second-order valence-corrected chi connectivity index (χ2v) is 8.49. The van der Waals surface area contributed by atoms with E-state index in [9.17, 15) is 13.2 Å². The van der Waals surface area contributed by atoms with Crippen molar-refractivity contribution in [3.8, 4) is 0 Å². The highest BCUT2D eigenvalue weighted by atomic mass is 32.2. The molecule has 1 aliphatic heterocycles. The summed E-state index contributed by atoms with van der Waals surface area (Å²) in [6.07, 6.45) is 1.30. The number of hydrogen-bond acceptors (Lipinski definition) is 6. The standard InChI is InChI=1S/C15H24N4O4S/c1-15(2,3)18-14(20)11-17-13-5-4-12(10-16-13)24(21,22)19-6-8-23-9-7-19/h4-5,10H,6-9,11H2,1-3H3,(H,16,17)(H,18,20). The second-order valence-electron chi connectivity index (χ2n) is 6.55. The van der Waals surface area contributed by atoms with E-state index in [1.807, 2.05) is 20.8 Å². The first-order valence-corrected chi connectivity index (χ1v) is 9.21. The number of rotatable bonds is 5. The average Bonchev–Trinajstić information content (AvgIpc) is 2.52. The zero-order valence-electron chi connectivity index (χ0n) is 14.2. The van der Waals surface area contributed by atoms with Gasteiger partial charge in [0.25, 0.3) is 0 Å². The molecule has 1 saturated heterocycles. The van der Waals surface area contributed by atoms with Crippen LogP contribution < -0.4 is 10.6 Å². The summed E-state index contributed by atoms with van der Waals surface area (Å²) in [5.74, 6) is 0.286. The molecule has 2 rings (SSSR count). The van der Waals surface area contributed by atoms with Crippen molar-refractivity contribution in [1.29, 1.82) is 0 Å². The minimum atomic E-state index is -3.55. The van der Waals surface area contributed by atoms with Crippen LogP contribution in [0.15, 0.2) is 23.2 Å². The lowest BCUT2D eigenvalue weighted by atomic mass is 10.1. The summed E-state index contributed by atoms with van der Waals surface area (Å²) in [6.45, 7) is 7.24. The second kappa shape index (κ2) is 7.45. The summed E-state index contributed by atoms with van der Waals surface area (Å²) < 4.78 is 31.5. The van der Waals surface area contributed by atoms with Crippen molar-refractivity contribution in [3.05, 3.63) is 18.3 Å². The number of nitrogens with one attached hydrogen (secondary N) is 2. The normalized spacial score (nSPS) is 16.6. The van der Waals surface area contributed by atoms with Gasteiger partial charge in [-0.05, 0) is 32.9 Å². The Labute approximate surface area is 142 Å². The van der Waals surface area contributed by atoms with Gasteiger partial charge in [0, 0.05) is 24.8 Å². The van der Waals surface area contributed by atoms with Crippen LogP contribution in [0.2, 0.25) is 0 Å². The topological polar surface area (TPSA) is 101 Å². The molecule has 0 bridgehead atoms. The number of carbonyl (C=O) groups excluding carboxylic acids is 1. The first kappa shape index (κ1) is 18.6. The number of pyridine rings is 1. The van der Waals surface area contributed by atoms with Gasteiger partial charge in [-0.3, -0.25) is 4.79 Å². The molecule has 0 unspecified atom stereocenters. The molecule has 1 amide bonds. The molecule has 1 aliphatic rings. The summed E-state index contributed by atoms with van der Waals surface area (Å²) >= 11 is 0. The Kier molecular flexibility index (Phi) is 5.79. The van der Waals surface area contributed by atoms with Gasteiger partial charge in [0.05, 0.1) is 19.8 Å². The van der Waals surface area contributed by atoms with Crippen LogP contribution in [0.4, 0.5) is 5.82 Å². The van der Waals surface area contributed by atoms with Crippen LogP contribution in [0.5, 0.6) is 0 Å². The summed E-state index contributed by atoms with van der Waals surface area (Å²) in [7, 11) is -3.55. The first-order valence-electron chi connectivity index (χ1n) is 7.77. The number of sulfonamides is 1. The summed E-state index contributed by atoms with van der Waals surface area (Å²) in [6, 6.07) is 3.04. The molecular formula is C15H24N4O4S. The molecule has 0 aliphatic carbocycles. The van der Waals surface area contributed by atoms with E-state index < -0.39 is 10.0 Å². The Bertz CT molecular complexity index is 662. The zero-order valence-corrected chi connectivity index (χ0v) is 15.0. The maximum atomic E-state index is 12.5. The van der Waals surface area contributed by atoms with Gasteiger partial charge in [-0.1, -0.05) is 0 Å². The molecule has 1 aromatic rings. The van der Waals surface area contributed by atoms with E-state index in [0.29, 0.717) is 32.1 Å². The van der Waals surface area contributed by atoms with E-state index in [-0.39, 0.29) is 22.9 Å². The van der Waals surface area contributed by atoms with Crippen LogP contribution in [-0.4, -0.2) is 62.0 Å². The molecule has 0 aromatic carbocycles. The number of anilines is 1. The molecule has 24 heavy (non-hydrogen) atoms. The molecule has 9 heteroatoms. The molecule has 134 valence electrons. The lowest BCUT2D eigenvalue weighted by molar-refractivity contribution is -0.120. The van der Waals surface area contributed by atoms with E-state index in [4.69, 9.17) is 4.74 Å². The van der Waals surface area contributed by atoms with Crippen LogP contribution in [0.3, 0.4) is 0 Å². The van der Waals surface area contributed by atoms with Gasteiger partial charge < -0.3 is 15.4 Å². The first-order chi connectivity index (χ1) is 11.2. The Morgan fingerprint density at radius 2 is 1.96 bits per heavy atom. The number of hydrogen-bond donors (Lipinski definition) is 2. The summed E-state index contributed by atoms with van der Waals surface area (Å²) in [4.78, 5) is 16.0. The maximum absolute atomic E-state index is 12.5. The predicted octanol–water partition coefficient (Wildman–Crippen LogP) is 0.429. The molecule has 1 aromatic heterocycles. The van der Waals surface area contributed by atoms with E-state index in [1.165, 1.54) is 16.6 Å². The van der Waals surface area contributed by atoms with E-state index in [1.54, 1.807) is 6.07 Å². The molecule has 0 saturated carbocycles. The zero-order chi connectivity index (χ0) is 17.8. The fraction of sp³-hybridized carbons (Fsp3) is 0.600. The van der Waals surface area contributed by atoms with Gasteiger partial charge in [0.2, 0.25) is 15.9 Å². The highest BCUT2D eigenvalue weighted by Crippen LogP contribution is 2.17. The molecule has 8 nitrogen and oxygen atoms in total. The average molecular weight is 356 g/mol. The van der Waals surface area contributed by atoms with E-state index in [2.05, 4.69) is 15.6 Å². The van der Waals surface area contributed by atoms with Crippen molar-refractivity contribution in [1.82, 2.24) is 14.6 Å². The monoisotopic (exact) mass is 356 g/mol. The van der Waals surface area contributed by atoms with Crippen LogP contribution in [-0.2, 0) is 19.6 Å². The lowest BCUT2D eigenvalue weighted by Crippen LogP contribution is -2.43. The molecule has 1 fully saturated rings. The van der Waals surface area contributed by atoms with Crippen LogP contribution in [0.1, 0.15) is 20.8 Å². The van der Waals surface area contributed by atoms with Gasteiger partial charge in [-0.25, -0.2) is 13.4 Å². The molecule has 2 N–H and O–H groups in total. The van der Waals surface area contributed by atoms with Gasteiger partial charge in [-0.2, -0.15) is 4.31 Å². The fourth-order valence-corrected chi connectivity index (χ4v) is 3.56. The highest BCUT2D eigenvalue weighted by Gasteiger charge is 2.26. The van der Waals surface area contributed by atoms with Crippen molar-refractivity contribution in [3.63, 3.8) is 0 Å². The lowest BCUT2D eigenvalue weighted by Gasteiger charge is -2.25. The number of nitrogens with zero attached hydrogens (tertiary/aromatic N) is 2. The van der Waals surface area contributed by atoms with Crippen molar-refractivity contribution in [2.75, 3.05) is 38.2 Å². The molecule has 0 atom stereocenters. The van der Waals surface area contributed by atoms with Crippen LogP contribution in [0.25, 0.3) is 0 Å². The molecular weight excluding hydrogens is 332 g/mol. The molecule has 0 radical (unpaired) electrons. The van der Waals surface area contributed by atoms with E-state index >= 15 is 0 Å². The maximum Gasteiger partial charge on any atom is 0.244 e. The summed E-state index contributed by atoms with van der Waals surface area (Å²) in [5.41, 5.74) is -0.303. The van der Waals surface area contributed by atoms with Crippen LogP contribution >= 0.6 is 0 Å². The van der Waals surface area contributed by atoms with Gasteiger partial charge in [0.1, 0.15) is 10.7 Å². The Hall–Kier alpha value is -1.71. The minimum Gasteiger partial charge on any atom is -0.379 e.